The third-order valence-electron chi connectivity index (χ3n) is 5.26. The highest BCUT2D eigenvalue weighted by molar-refractivity contribution is 6.21. The van der Waals surface area contributed by atoms with Gasteiger partial charge in [-0.1, -0.05) is 29.4 Å². The van der Waals surface area contributed by atoms with Crippen LogP contribution in [0.25, 0.3) is 0 Å². The normalized spacial score (nSPS) is 15.4. The fourth-order valence-electron chi connectivity index (χ4n) is 3.43. The summed E-state index contributed by atoms with van der Waals surface area (Å²) in [6.07, 6.45) is 2.16. The van der Waals surface area contributed by atoms with Gasteiger partial charge in [0.05, 0.1) is 24.2 Å². The second-order valence-electron chi connectivity index (χ2n) is 7.44. The lowest BCUT2D eigenvalue weighted by Gasteiger charge is -2.14. The van der Waals surface area contributed by atoms with Crippen LogP contribution in [0.3, 0.4) is 0 Å². The molecule has 5 rings (SSSR count). The van der Waals surface area contributed by atoms with Gasteiger partial charge in [-0.2, -0.15) is 4.98 Å². The maximum Gasteiger partial charge on any atom is 0.261 e. The van der Waals surface area contributed by atoms with Crippen molar-refractivity contribution in [3.63, 3.8) is 0 Å². The lowest BCUT2D eigenvalue weighted by atomic mass is 10.1. The van der Waals surface area contributed by atoms with Crippen LogP contribution in [0.15, 0.2) is 53.1 Å². The molecule has 30 heavy (non-hydrogen) atoms. The van der Waals surface area contributed by atoms with Crippen molar-refractivity contribution in [2.24, 2.45) is 0 Å². The molecule has 0 bridgehead atoms. The molecule has 1 aromatic heterocycles. The topological polar surface area (TPSA) is 105 Å². The third kappa shape index (κ3) is 3.36. The minimum atomic E-state index is -0.303. The van der Waals surface area contributed by atoms with Crippen molar-refractivity contribution in [2.45, 2.75) is 31.8 Å². The van der Waals surface area contributed by atoms with Gasteiger partial charge >= 0.3 is 0 Å². The first kappa shape index (κ1) is 18.2. The molecule has 1 aliphatic carbocycles. The van der Waals surface area contributed by atoms with E-state index in [0.29, 0.717) is 34.3 Å². The van der Waals surface area contributed by atoms with Gasteiger partial charge in [0.1, 0.15) is 0 Å². The lowest BCUT2D eigenvalue weighted by Crippen LogP contribution is -2.29. The summed E-state index contributed by atoms with van der Waals surface area (Å²) in [5.41, 5.74) is 2.06. The first-order chi connectivity index (χ1) is 14.6. The molecule has 8 heteroatoms. The number of benzene rings is 2. The summed E-state index contributed by atoms with van der Waals surface area (Å²) in [6.45, 7) is 0.315. The Hall–Kier alpha value is -3.81. The summed E-state index contributed by atoms with van der Waals surface area (Å²) in [5.74, 6) is 0.607. The van der Waals surface area contributed by atoms with Crippen LogP contribution in [0.2, 0.25) is 0 Å². The minimum absolute atomic E-state index is 0.153. The standard InChI is InChI=1S/C22H18N4O4/c27-20(23-11-18-24-19(25-30-18)14-9-10-14)15-7-5-13(6-8-15)12-26-21(28)16-3-1-2-4-17(16)22(26)29/h1-8,14H,9-12H2,(H,23,27). The fourth-order valence-corrected chi connectivity index (χ4v) is 3.43. The summed E-state index contributed by atoms with van der Waals surface area (Å²) in [7, 11) is 0. The number of hydrogen-bond acceptors (Lipinski definition) is 6. The molecule has 1 fully saturated rings. The molecule has 0 unspecified atom stereocenters. The predicted octanol–water partition coefficient (Wildman–Crippen LogP) is 2.67. The molecule has 0 atom stereocenters. The number of rotatable bonds is 6. The summed E-state index contributed by atoms with van der Waals surface area (Å²) in [6, 6.07) is 13.6. The molecule has 2 heterocycles. The van der Waals surface area contributed by atoms with Crippen LogP contribution >= 0.6 is 0 Å². The molecule has 0 saturated heterocycles. The number of nitrogens with one attached hydrogen (secondary N) is 1. The van der Waals surface area contributed by atoms with Crippen molar-refractivity contribution < 1.29 is 18.9 Å². The Bertz CT molecular complexity index is 1110. The highest BCUT2D eigenvalue weighted by Gasteiger charge is 2.35. The monoisotopic (exact) mass is 402 g/mol. The highest BCUT2D eigenvalue weighted by atomic mass is 16.5. The van der Waals surface area contributed by atoms with E-state index in [-0.39, 0.29) is 30.8 Å². The number of aromatic nitrogens is 2. The van der Waals surface area contributed by atoms with Gasteiger partial charge in [-0.25, -0.2) is 0 Å². The number of amides is 3. The van der Waals surface area contributed by atoms with E-state index in [1.54, 1.807) is 48.5 Å². The van der Waals surface area contributed by atoms with Crippen LogP contribution in [0.4, 0.5) is 0 Å². The van der Waals surface area contributed by atoms with Crippen molar-refractivity contribution in [3.8, 4) is 0 Å². The first-order valence-electron chi connectivity index (χ1n) is 9.75. The van der Waals surface area contributed by atoms with Crippen LogP contribution < -0.4 is 5.32 Å². The molecule has 2 aliphatic rings. The Morgan fingerprint density at radius 2 is 1.70 bits per heavy atom. The predicted molar refractivity (Wildman–Crippen MR) is 105 cm³/mol. The lowest BCUT2D eigenvalue weighted by molar-refractivity contribution is 0.0641. The number of fused-ring (bicyclic) bond motifs is 1. The first-order valence-corrected chi connectivity index (χ1v) is 9.75. The van der Waals surface area contributed by atoms with E-state index in [1.807, 2.05) is 0 Å². The van der Waals surface area contributed by atoms with Crippen molar-refractivity contribution in [1.29, 1.82) is 0 Å². The van der Waals surface area contributed by atoms with Gasteiger partial charge in [0.2, 0.25) is 5.89 Å². The quantitative estimate of drug-likeness (QED) is 0.636. The SMILES string of the molecule is O=C(NCc1nc(C2CC2)no1)c1ccc(CN2C(=O)c3ccccc3C2=O)cc1. The summed E-state index contributed by atoms with van der Waals surface area (Å²) in [4.78, 5) is 42.8. The molecule has 3 amide bonds. The molecule has 3 aromatic rings. The van der Waals surface area contributed by atoms with E-state index < -0.39 is 0 Å². The zero-order chi connectivity index (χ0) is 20.7. The van der Waals surface area contributed by atoms with E-state index in [1.165, 1.54) is 4.90 Å². The van der Waals surface area contributed by atoms with Crippen molar-refractivity contribution in [1.82, 2.24) is 20.4 Å². The smallest absolute Gasteiger partial charge is 0.261 e. The molecule has 2 aromatic carbocycles. The van der Waals surface area contributed by atoms with Gasteiger partial charge in [-0.05, 0) is 42.7 Å². The average Bonchev–Trinajstić information content (AvgIpc) is 3.47. The van der Waals surface area contributed by atoms with Crippen LogP contribution in [0.5, 0.6) is 0 Å². The van der Waals surface area contributed by atoms with Gasteiger partial charge in [0, 0.05) is 11.5 Å². The van der Waals surface area contributed by atoms with Gasteiger partial charge < -0.3 is 9.84 Å². The summed E-state index contributed by atoms with van der Waals surface area (Å²) in [5, 5.41) is 6.67. The molecule has 1 saturated carbocycles. The number of nitrogens with zero attached hydrogens (tertiary/aromatic N) is 3. The summed E-state index contributed by atoms with van der Waals surface area (Å²) >= 11 is 0. The van der Waals surface area contributed by atoms with E-state index in [0.717, 1.165) is 18.4 Å². The molecular formula is C22H18N4O4. The summed E-state index contributed by atoms with van der Waals surface area (Å²) < 4.78 is 5.15. The maximum absolute atomic E-state index is 12.5. The Labute approximate surface area is 171 Å². The largest absolute Gasteiger partial charge is 0.343 e. The van der Waals surface area contributed by atoms with Gasteiger partial charge in [-0.3, -0.25) is 19.3 Å². The second kappa shape index (κ2) is 7.22. The zero-order valence-electron chi connectivity index (χ0n) is 16.0. The number of carbonyl (C=O) groups is 3. The second-order valence-corrected chi connectivity index (χ2v) is 7.44. The average molecular weight is 402 g/mol. The van der Waals surface area contributed by atoms with Crippen molar-refractivity contribution in [2.75, 3.05) is 0 Å². The molecule has 8 nitrogen and oxygen atoms in total. The van der Waals surface area contributed by atoms with Gasteiger partial charge in [0.15, 0.2) is 5.82 Å². The van der Waals surface area contributed by atoms with E-state index in [2.05, 4.69) is 15.5 Å². The van der Waals surface area contributed by atoms with Crippen molar-refractivity contribution >= 4 is 17.7 Å². The number of hydrogen-bond donors (Lipinski definition) is 1. The van der Waals surface area contributed by atoms with Gasteiger partial charge in [-0.15, -0.1) is 0 Å². The van der Waals surface area contributed by atoms with Crippen LogP contribution in [0.1, 0.15) is 67.1 Å². The maximum atomic E-state index is 12.5. The van der Waals surface area contributed by atoms with E-state index in [4.69, 9.17) is 4.52 Å². The Morgan fingerprint density at radius 3 is 2.33 bits per heavy atom. The highest BCUT2D eigenvalue weighted by Crippen LogP contribution is 2.38. The Morgan fingerprint density at radius 1 is 1.03 bits per heavy atom. The molecular weight excluding hydrogens is 384 g/mol. The number of imide groups is 1. The zero-order valence-corrected chi connectivity index (χ0v) is 16.0. The van der Waals surface area contributed by atoms with E-state index in [9.17, 15) is 14.4 Å². The third-order valence-corrected chi connectivity index (χ3v) is 5.26. The number of carbonyl (C=O) groups excluding carboxylic acids is 3. The molecule has 150 valence electrons. The van der Waals surface area contributed by atoms with Crippen molar-refractivity contribution in [3.05, 3.63) is 82.5 Å². The van der Waals surface area contributed by atoms with Crippen LogP contribution in [0, 0.1) is 0 Å². The Kier molecular flexibility index (Phi) is 4.39. The van der Waals surface area contributed by atoms with Crippen LogP contribution in [-0.2, 0) is 13.1 Å². The molecule has 0 spiro atoms. The molecule has 1 N–H and O–H groups in total. The molecule has 0 radical (unpaired) electrons. The molecule has 1 aliphatic heterocycles. The van der Waals surface area contributed by atoms with E-state index >= 15 is 0 Å². The van der Waals surface area contributed by atoms with Gasteiger partial charge in [0.25, 0.3) is 17.7 Å². The fraction of sp³-hybridized carbons (Fsp3) is 0.227. The van der Waals surface area contributed by atoms with Crippen LogP contribution in [-0.4, -0.2) is 32.8 Å². The minimum Gasteiger partial charge on any atom is -0.343 e. The Balaban J connectivity index is 1.20.